The molecule has 0 aliphatic rings. The molecule has 0 heterocycles. The molecule has 2 N–H and O–H groups in total. The van der Waals surface area contributed by atoms with Crippen molar-refractivity contribution in [2.24, 2.45) is 0 Å². The van der Waals surface area contributed by atoms with Crippen molar-refractivity contribution in [1.82, 2.24) is 5.32 Å². The van der Waals surface area contributed by atoms with Gasteiger partial charge >= 0.3 is 0 Å². The standard InChI is InChI=1S/C13H20BrNO2/c1-13(2,9-16)15-7-6-10-4-5-12(17-3)11(14)8-10/h4-5,8,15-16H,6-7,9H2,1-3H3. The summed E-state index contributed by atoms with van der Waals surface area (Å²) in [6, 6.07) is 6.07. The van der Waals surface area contributed by atoms with Crippen molar-refractivity contribution in [3.05, 3.63) is 28.2 Å². The van der Waals surface area contributed by atoms with Gasteiger partial charge in [0.05, 0.1) is 18.2 Å². The lowest BCUT2D eigenvalue weighted by Gasteiger charge is -2.23. The number of rotatable bonds is 6. The molecule has 4 heteroatoms. The summed E-state index contributed by atoms with van der Waals surface area (Å²) in [6.07, 6.45) is 0.923. The largest absolute Gasteiger partial charge is 0.496 e. The van der Waals surface area contributed by atoms with Crippen LogP contribution in [-0.4, -0.2) is 30.9 Å². The number of methoxy groups -OCH3 is 1. The second-order valence-corrected chi connectivity index (χ2v) is 5.54. The number of nitrogens with one attached hydrogen (secondary N) is 1. The molecule has 0 radical (unpaired) electrons. The number of hydrogen-bond acceptors (Lipinski definition) is 3. The Morgan fingerprint density at radius 2 is 2.12 bits per heavy atom. The van der Waals surface area contributed by atoms with Gasteiger partial charge < -0.3 is 15.2 Å². The number of halogens is 1. The highest BCUT2D eigenvalue weighted by Crippen LogP contribution is 2.25. The molecule has 1 aromatic carbocycles. The molecule has 0 fully saturated rings. The third-order valence-corrected chi connectivity index (χ3v) is 3.25. The van der Waals surface area contributed by atoms with Gasteiger partial charge in [0, 0.05) is 5.54 Å². The van der Waals surface area contributed by atoms with Crippen LogP contribution in [0.25, 0.3) is 0 Å². The van der Waals surface area contributed by atoms with E-state index in [-0.39, 0.29) is 12.1 Å². The summed E-state index contributed by atoms with van der Waals surface area (Å²) in [5, 5.41) is 12.4. The van der Waals surface area contributed by atoms with E-state index in [1.165, 1.54) is 5.56 Å². The van der Waals surface area contributed by atoms with Gasteiger partial charge in [-0.05, 0) is 60.4 Å². The third-order valence-electron chi connectivity index (χ3n) is 2.63. The Labute approximate surface area is 111 Å². The average molecular weight is 302 g/mol. The van der Waals surface area contributed by atoms with Gasteiger partial charge in [0.2, 0.25) is 0 Å². The second kappa shape index (κ2) is 6.38. The summed E-state index contributed by atoms with van der Waals surface area (Å²) in [4.78, 5) is 0. The van der Waals surface area contributed by atoms with Crippen LogP contribution in [0.4, 0.5) is 0 Å². The van der Waals surface area contributed by atoms with Crippen molar-refractivity contribution >= 4 is 15.9 Å². The van der Waals surface area contributed by atoms with Crippen LogP contribution in [-0.2, 0) is 6.42 Å². The van der Waals surface area contributed by atoms with Crippen LogP contribution >= 0.6 is 15.9 Å². The topological polar surface area (TPSA) is 41.5 Å². The Bertz CT molecular complexity index is 366. The lowest BCUT2D eigenvalue weighted by Crippen LogP contribution is -2.43. The Balaban J connectivity index is 2.50. The van der Waals surface area contributed by atoms with Crippen molar-refractivity contribution in [2.45, 2.75) is 25.8 Å². The fourth-order valence-corrected chi connectivity index (χ4v) is 2.05. The van der Waals surface area contributed by atoms with Gasteiger partial charge in [-0.2, -0.15) is 0 Å². The van der Waals surface area contributed by atoms with Crippen LogP contribution in [0.2, 0.25) is 0 Å². The van der Waals surface area contributed by atoms with Crippen molar-refractivity contribution in [1.29, 1.82) is 0 Å². The first-order valence-electron chi connectivity index (χ1n) is 5.67. The van der Waals surface area contributed by atoms with Gasteiger partial charge in [-0.1, -0.05) is 6.07 Å². The van der Waals surface area contributed by atoms with Crippen LogP contribution in [0, 0.1) is 0 Å². The molecule has 0 saturated carbocycles. The molecule has 3 nitrogen and oxygen atoms in total. The zero-order chi connectivity index (χ0) is 12.9. The molecule has 0 saturated heterocycles. The molecule has 0 unspecified atom stereocenters. The van der Waals surface area contributed by atoms with Crippen molar-refractivity contribution in [3.63, 3.8) is 0 Å². The van der Waals surface area contributed by atoms with E-state index >= 15 is 0 Å². The number of hydrogen-bond donors (Lipinski definition) is 2. The zero-order valence-corrected chi connectivity index (χ0v) is 12.2. The summed E-state index contributed by atoms with van der Waals surface area (Å²) in [5.74, 6) is 0.845. The van der Waals surface area contributed by atoms with Crippen LogP contribution in [0.15, 0.2) is 22.7 Å². The van der Waals surface area contributed by atoms with E-state index in [9.17, 15) is 0 Å². The zero-order valence-electron chi connectivity index (χ0n) is 10.6. The quantitative estimate of drug-likeness (QED) is 0.847. The number of ether oxygens (including phenoxy) is 1. The highest BCUT2D eigenvalue weighted by molar-refractivity contribution is 9.10. The van der Waals surface area contributed by atoms with Crippen molar-refractivity contribution < 1.29 is 9.84 Å². The molecular weight excluding hydrogens is 282 g/mol. The molecule has 0 amide bonds. The molecule has 1 aromatic rings. The fraction of sp³-hybridized carbons (Fsp3) is 0.538. The first-order valence-corrected chi connectivity index (χ1v) is 6.46. The number of aliphatic hydroxyl groups excluding tert-OH is 1. The van der Waals surface area contributed by atoms with E-state index in [1.807, 2.05) is 19.9 Å². The van der Waals surface area contributed by atoms with E-state index in [4.69, 9.17) is 9.84 Å². The number of aliphatic hydroxyl groups is 1. The first kappa shape index (κ1) is 14.5. The minimum absolute atomic E-state index is 0.138. The van der Waals surface area contributed by atoms with Gasteiger partial charge in [-0.15, -0.1) is 0 Å². The molecule has 0 aliphatic carbocycles. The van der Waals surface area contributed by atoms with Crippen molar-refractivity contribution in [2.75, 3.05) is 20.3 Å². The van der Waals surface area contributed by atoms with Gasteiger partial charge in [0.15, 0.2) is 0 Å². The van der Waals surface area contributed by atoms with Crippen molar-refractivity contribution in [3.8, 4) is 5.75 Å². The molecule has 17 heavy (non-hydrogen) atoms. The third kappa shape index (κ3) is 4.66. The second-order valence-electron chi connectivity index (χ2n) is 4.69. The average Bonchev–Trinajstić information content (AvgIpc) is 2.29. The minimum Gasteiger partial charge on any atom is -0.496 e. The van der Waals surface area contributed by atoms with Crippen LogP contribution in [0.5, 0.6) is 5.75 Å². The highest BCUT2D eigenvalue weighted by Gasteiger charge is 2.14. The smallest absolute Gasteiger partial charge is 0.133 e. The normalized spacial score (nSPS) is 11.6. The Kier molecular flexibility index (Phi) is 5.43. The lowest BCUT2D eigenvalue weighted by atomic mass is 10.1. The van der Waals surface area contributed by atoms with Crippen LogP contribution < -0.4 is 10.1 Å². The maximum Gasteiger partial charge on any atom is 0.133 e. The predicted molar refractivity (Wildman–Crippen MR) is 73.6 cm³/mol. The first-order chi connectivity index (χ1) is 7.98. The van der Waals surface area contributed by atoms with E-state index in [0.29, 0.717) is 0 Å². The monoisotopic (exact) mass is 301 g/mol. The van der Waals surface area contributed by atoms with Gasteiger partial charge in [0.25, 0.3) is 0 Å². The van der Waals surface area contributed by atoms with E-state index in [2.05, 4.69) is 33.4 Å². The Morgan fingerprint density at radius 1 is 1.41 bits per heavy atom. The molecule has 0 aromatic heterocycles. The fourth-order valence-electron chi connectivity index (χ4n) is 1.47. The SMILES string of the molecule is COc1ccc(CCNC(C)(C)CO)cc1Br. The van der Waals surface area contributed by atoms with Gasteiger partial charge in [-0.3, -0.25) is 0 Å². The lowest BCUT2D eigenvalue weighted by molar-refractivity contribution is 0.189. The predicted octanol–water partition coefficient (Wildman–Crippen LogP) is 2.36. The molecule has 96 valence electrons. The van der Waals surface area contributed by atoms with Crippen LogP contribution in [0.1, 0.15) is 19.4 Å². The molecule has 0 bridgehead atoms. The van der Waals surface area contributed by atoms with Crippen LogP contribution in [0.3, 0.4) is 0 Å². The summed E-state index contributed by atoms with van der Waals surface area (Å²) < 4.78 is 6.15. The summed E-state index contributed by atoms with van der Waals surface area (Å²) >= 11 is 3.47. The summed E-state index contributed by atoms with van der Waals surface area (Å²) in [5.41, 5.74) is 1.02. The van der Waals surface area contributed by atoms with Gasteiger partial charge in [-0.25, -0.2) is 0 Å². The van der Waals surface area contributed by atoms with E-state index in [1.54, 1.807) is 7.11 Å². The van der Waals surface area contributed by atoms with Gasteiger partial charge in [0.1, 0.15) is 5.75 Å². The highest BCUT2D eigenvalue weighted by atomic mass is 79.9. The molecule has 0 aliphatic heterocycles. The maximum absolute atomic E-state index is 9.12. The Morgan fingerprint density at radius 3 is 2.65 bits per heavy atom. The van der Waals surface area contributed by atoms with E-state index < -0.39 is 0 Å². The summed E-state index contributed by atoms with van der Waals surface area (Å²) in [6.45, 7) is 4.94. The minimum atomic E-state index is -0.219. The molecule has 1 rings (SSSR count). The molecular formula is C13H20BrNO2. The molecule has 0 spiro atoms. The van der Waals surface area contributed by atoms with E-state index in [0.717, 1.165) is 23.2 Å². The number of benzene rings is 1. The molecule has 0 atom stereocenters. The maximum atomic E-state index is 9.12. The Hall–Kier alpha value is -0.580. The summed E-state index contributed by atoms with van der Waals surface area (Å²) in [7, 11) is 1.66.